The lowest BCUT2D eigenvalue weighted by Gasteiger charge is -2.09. The maximum Gasteiger partial charge on any atom is 0.145 e. The molecule has 0 atom stereocenters. The maximum absolute atomic E-state index is 9.05. The van der Waals surface area contributed by atoms with Crippen molar-refractivity contribution >= 4 is 11.6 Å². The highest BCUT2D eigenvalue weighted by Gasteiger charge is 2.06. The van der Waals surface area contributed by atoms with E-state index < -0.39 is 0 Å². The van der Waals surface area contributed by atoms with E-state index in [0.717, 1.165) is 5.56 Å². The van der Waals surface area contributed by atoms with Crippen LogP contribution in [0.1, 0.15) is 11.1 Å². The van der Waals surface area contributed by atoms with Gasteiger partial charge in [0, 0.05) is 12.1 Å². The first kappa shape index (κ1) is 13.4. The van der Waals surface area contributed by atoms with Gasteiger partial charge in [0.05, 0.1) is 12.2 Å². The molecular weight excluding hydrogens is 262 g/mol. The summed E-state index contributed by atoms with van der Waals surface area (Å²) in [6.45, 7) is 0.517. The van der Waals surface area contributed by atoms with Crippen LogP contribution in [0.15, 0.2) is 42.5 Å². The summed E-state index contributed by atoms with van der Waals surface area (Å²) in [4.78, 5) is 0. The van der Waals surface area contributed by atoms with Crippen molar-refractivity contribution in [1.29, 1.82) is 5.26 Å². The van der Waals surface area contributed by atoms with E-state index in [9.17, 15) is 0 Å². The Balaban J connectivity index is 2.26. The second kappa shape index (κ2) is 6.24. The van der Waals surface area contributed by atoms with E-state index in [1.165, 1.54) is 0 Å². The molecule has 0 aliphatic rings. The lowest BCUT2D eigenvalue weighted by Crippen LogP contribution is -1.91. The summed E-state index contributed by atoms with van der Waals surface area (Å²) in [6.07, 6.45) is 0. The predicted octanol–water partition coefficient (Wildman–Crippen LogP) is 4.15. The number of hydrogen-bond acceptors (Lipinski definition) is 3. The zero-order chi connectivity index (χ0) is 13.7. The highest BCUT2D eigenvalue weighted by Crippen LogP contribution is 2.27. The minimum absolute atomic E-state index is 0.407. The van der Waals surface area contributed by atoms with E-state index in [1.54, 1.807) is 25.3 Å². The molecule has 2 aromatic carbocycles. The van der Waals surface area contributed by atoms with Gasteiger partial charge >= 0.3 is 0 Å². The molecule has 0 saturated heterocycles. The number of methoxy groups -OCH3 is 1. The van der Waals surface area contributed by atoms with E-state index in [0.29, 0.717) is 28.7 Å². The molecule has 0 aliphatic heterocycles. The largest absolute Gasteiger partial charge is 0.456 e. The standard InChI is InChI=1S/C15H12ClNO2/c1-18-10-11-3-2-4-14(7-11)19-15-6-5-13(16)8-12(15)9-17/h2-8H,10H2,1H3. The molecule has 0 saturated carbocycles. The van der Waals surface area contributed by atoms with Crippen LogP contribution in [0.3, 0.4) is 0 Å². The Labute approximate surface area is 117 Å². The van der Waals surface area contributed by atoms with Gasteiger partial charge in [-0.05, 0) is 35.9 Å². The normalized spacial score (nSPS) is 9.95. The Hall–Kier alpha value is -2.02. The van der Waals surface area contributed by atoms with Crippen LogP contribution < -0.4 is 4.74 Å². The Kier molecular flexibility index (Phi) is 4.40. The molecule has 19 heavy (non-hydrogen) atoms. The summed E-state index contributed by atoms with van der Waals surface area (Å²) >= 11 is 5.84. The number of nitrogens with zero attached hydrogens (tertiary/aromatic N) is 1. The summed E-state index contributed by atoms with van der Waals surface area (Å²) in [5.74, 6) is 1.15. The molecule has 0 N–H and O–H groups in total. The highest BCUT2D eigenvalue weighted by atomic mass is 35.5. The van der Waals surface area contributed by atoms with E-state index in [-0.39, 0.29) is 0 Å². The van der Waals surface area contributed by atoms with Crippen molar-refractivity contribution in [3.63, 3.8) is 0 Å². The van der Waals surface area contributed by atoms with Crippen LogP contribution in [0.2, 0.25) is 5.02 Å². The van der Waals surface area contributed by atoms with Gasteiger partial charge in [0.15, 0.2) is 0 Å². The van der Waals surface area contributed by atoms with Crippen molar-refractivity contribution < 1.29 is 9.47 Å². The number of rotatable bonds is 4. The quantitative estimate of drug-likeness (QED) is 0.840. The molecule has 2 rings (SSSR count). The first-order valence-electron chi connectivity index (χ1n) is 5.68. The molecule has 4 heteroatoms. The Morgan fingerprint density at radius 3 is 2.79 bits per heavy atom. The van der Waals surface area contributed by atoms with Crippen LogP contribution >= 0.6 is 11.6 Å². The van der Waals surface area contributed by atoms with Crippen molar-refractivity contribution in [2.24, 2.45) is 0 Å². The van der Waals surface area contributed by atoms with Gasteiger partial charge in [0.2, 0.25) is 0 Å². The molecule has 0 unspecified atom stereocenters. The molecule has 0 bridgehead atoms. The summed E-state index contributed by atoms with van der Waals surface area (Å²) in [6, 6.07) is 14.5. The number of ether oxygens (including phenoxy) is 2. The number of nitriles is 1. The fourth-order valence-electron chi connectivity index (χ4n) is 1.67. The van der Waals surface area contributed by atoms with E-state index in [2.05, 4.69) is 6.07 Å². The monoisotopic (exact) mass is 273 g/mol. The van der Waals surface area contributed by atoms with Crippen LogP contribution in [0.5, 0.6) is 11.5 Å². The smallest absolute Gasteiger partial charge is 0.145 e. The van der Waals surface area contributed by atoms with Crippen LogP contribution in [0, 0.1) is 11.3 Å². The van der Waals surface area contributed by atoms with Crippen molar-refractivity contribution in [3.8, 4) is 17.6 Å². The van der Waals surface area contributed by atoms with Crippen molar-refractivity contribution in [3.05, 3.63) is 58.6 Å². The van der Waals surface area contributed by atoms with Crippen LogP contribution in [-0.4, -0.2) is 7.11 Å². The average molecular weight is 274 g/mol. The first-order chi connectivity index (χ1) is 9.22. The topological polar surface area (TPSA) is 42.2 Å². The maximum atomic E-state index is 9.05. The predicted molar refractivity (Wildman–Crippen MR) is 73.4 cm³/mol. The fraction of sp³-hybridized carbons (Fsp3) is 0.133. The molecular formula is C15H12ClNO2. The third-order valence-corrected chi connectivity index (χ3v) is 2.73. The van der Waals surface area contributed by atoms with Crippen molar-refractivity contribution in [2.75, 3.05) is 7.11 Å². The molecule has 0 aliphatic carbocycles. The van der Waals surface area contributed by atoms with Crippen molar-refractivity contribution in [1.82, 2.24) is 0 Å². The minimum atomic E-state index is 0.407. The van der Waals surface area contributed by atoms with Gasteiger partial charge in [-0.2, -0.15) is 5.26 Å². The highest BCUT2D eigenvalue weighted by molar-refractivity contribution is 6.30. The van der Waals surface area contributed by atoms with Crippen LogP contribution in [0.4, 0.5) is 0 Å². The molecule has 96 valence electrons. The first-order valence-corrected chi connectivity index (χ1v) is 6.06. The van der Waals surface area contributed by atoms with Crippen molar-refractivity contribution in [2.45, 2.75) is 6.61 Å². The van der Waals surface area contributed by atoms with Gasteiger partial charge < -0.3 is 9.47 Å². The van der Waals surface area contributed by atoms with Gasteiger partial charge in [-0.1, -0.05) is 23.7 Å². The Morgan fingerprint density at radius 1 is 1.21 bits per heavy atom. The molecule has 0 amide bonds. The SMILES string of the molecule is COCc1cccc(Oc2ccc(Cl)cc2C#N)c1. The zero-order valence-corrected chi connectivity index (χ0v) is 11.1. The molecule has 3 nitrogen and oxygen atoms in total. The van der Waals surface area contributed by atoms with Crippen LogP contribution in [0.25, 0.3) is 0 Å². The molecule has 0 spiro atoms. The lowest BCUT2D eigenvalue weighted by atomic mass is 10.2. The van der Waals surface area contributed by atoms with Gasteiger partial charge in [-0.25, -0.2) is 0 Å². The average Bonchev–Trinajstić information content (AvgIpc) is 2.41. The zero-order valence-electron chi connectivity index (χ0n) is 10.4. The van der Waals surface area contributed by atoms with Gasteiger partial charge in [0.25, 0.3) is 0 Å². The summed E-state index contributed by atoms with van der Waals surface area (Å²) in [7, 11) is 1.64. The third kappa shape index (κ3) is 3.47. The number of hydrogen-bond donors (Lipinski definition) is 0. The van der Waals surface area contributed by atoms with E-state index in [1.807, 2.05) is 24.3 Å². The third-order valence-electron chi connectivity index (χ3n) is 2.50. The minimum Gasteiger partial charge on any atom is -0.456 e. The van der Waals surface area contributed by atoms with Gasteiger partial charge in [0.1, 0.15) is 17.6 Å². The fourth-order valence-corrected chi connectivity index (χ4v) is 1.84. The van der Waals surface area contributed by atoms with Gasteiger partial charge in [-0.3, -0.25) is 0 Å². The lowest BCUT2D eigenvalue weighted by molar-refractivity contribution is 0.184. The van der Waals surface area contributed by atoms with Crippen LogP contribution in [-0.2, 0) is 11.3 Å². The summed E-state index contributed by atoms with van der Waals surface area (Å²) in [5.41, 5.74) is 1.41. The molecule has 0 heterocycles. The number of benzene rings is 2. The molecule has 0 radical (unpaired) electrons. The molecule has 0 aromatic heterocycles. The second-order valence-electron chi connectivity index (χ2n) is 3.93. The second-order valence-corrected chi connectivity index (χ2v) is 4.37. The Bertz CT molecular complexity index is 620. The van der Waals surface area contributed by atoms with E-state index >= 15 is 0 Å². The van der Waals surface area contributed by atoms with E-state index in [4.69, 9.17) is 26.3 Å². The number of halogens is 1. The summed E-state index contributed by atoms with van der Waals surface area (Å²) < 4.78 is 10.8. The summed E-state index contributed by atoms with van der Waals surface area (Å²) in [5, 5.41) is 9.56. The Morgan fingerprint density at radius 2 is 2.05 bits per heavy atom. The molecule has 0 fully saturated rings. The van der Waals surface area contributed by atoms with Gasteiger partial charge in [-0.15, -0.1) is 0 Å². The molecule has 2 aromatic rings.